The average Bonchev–Trinajstić information content (AvgIpc) is 2.36. The first-order valence-corrected chi connectivity index (χ1v) is 7.15. The molecule has 0 aromatic carbocycles. The fraction of sp³-hybridized carbons (Fsp3) is 0.727. The molecule has 0 bridgehead atoms. The lowest BCUT2D eigenvalue weighted by molar-refractivity contribution is -0.140. The molecule has 0 aromatic heterocycles. The zero-order valence-corrected chi connectivity index (χ0v) is 12.3. The molecule has 0 aromatic rings. The average molecular weight is 292 g/mol. The predicted octanol–water partition coefficient (Wildman–Crippen LogP) is -0.0791. The molecule has 0 heterocycles. The van der Waals surface area contributed by atoms with Gasteiger partial charge in [0.25, 0.3) is 0 Å². The number of nitrogens with one attached hydrogen (secondary N) is 2. The number of methoxy groups -OCH3 is 1. The lowest BCUT2D eigenvalue weighted by atomic mass is 10.3. The van der Waals surface area contributed by atoms with Crippen molar-refractivity contribution in [3.05, 3.63) is 0 Å². The van der Waals surface area contributed by atoms with Crippen LogP contribution in [0.25, 0.3) is 0 Å². The molecule has 3 atom stereocenters. The number of imide groups is 1. The quantitative estimate of drug-likeness (QED) is 0.667. The van der Waals surface area contributed by atoms with E-state index in [1.54, 1.807) is 13.8 Å². The van der Waals surface area contributed by atoms with Crippen LogP contribution in [0.1, 0.15) is 27.2 Å². The number of carbonyl (C=O) groups excluding carboxylic acids is 3. The van der Waals surface area contributed by atoms with Gasteiger partial charge in [-0.05, 0) is 13.8 Å². The summed E-state index contributed by atoms with van der Waals surface area (Å²) < 4.78 is 16.5. The Balaban J connectivity index is 4.42. The van der Waals surface area contributed by atoms with Crippen LogP contribution in [0, 0.1) is 0 Å². The Labute approximate surface area is 114 Å². The van der Waals surface area contributed by atoms with Crippen molar-refractivity contribution in [3.8, 4) is 0 Å². The van der Waals surface area contributed by atoms with Gasteiger partial charge in [0.1, 0.15) is 5.25 Å². The summed E-state index contributed by atoms with van der Waals surface area (Å²) >= 11 is 0. The lowest BCUT2D eigenvalue weighted by Crippen LogP contribution is -2.45. The molecule has 0 radical (unpaired) electrons. The molecule has 3 amide bonds. The maximum absolute atomic E-state index is 12.0. The molecule has 0 aliphatic rings. The minimum Gasteiger partial charge on any atom is -0.469 e. The van der Waals surface area contributed by atoms with E-state index in [-0.39, 0.29) is 6.42 Å². The van der Waals surface area contributed by atoms with Crippen LogP contribution in [0.3, 0.4) is 0 Å². The molecule has 0 aliphatic heterocycles. The van der Waals surface area contributed by atoms with Gasteiger partial charge in [0, 0.05) is 22.6 Å². The number of ether oxygens (including phenoxy) is 1. The van der Waals surface area contributed by atoms with Gasteiger partial charge < -0.3 is 10.1 Å². The number of esters is 1. The molecule has 8 heteroatoms. The second-order valence-electron chi connectivity index (χ2n) is 3.91. The summed E-state index contributed by atoms with van der Waals surface area (Å²) in [7, 11) is -0.336. The molecule has 7 nitrogen and oxygen atoms in total. The van der Waals surface area contributed by atoms with E-state index >= 15 is 0 Å². The van der Waals surface area contributed by atoms with Crippen LogP contribution >= 0.6 is 0 Å². The van der Waals surface area contributed by atoms with Crippen LogP contribution in [0.2, 0.25) is 0 Å². The number of carbonyl (C=O) groups is 3. The second-order valence-corrected chi connectivity index (χ2v) is 6.08. The normalized spacial score (nSPS) is 14.9. The Morgan fingerprint density at radius 2 is 1.84 bits per heavy atom. The second kappa shape index (κ2) is 8.63. The summed E-state index contributed by atoms with van der Waals surface area (Å²) in [4.78, 5) is 33.9. The van der Waals surface area contributed by atoms with Gasteiger partial charge >= 0.3 is 12.0 Å². The van der Waals surface area contributed by atoms with E-state index in [0.717, 1.165) is 0 Å². The standard InChI is InChI=1S/C11H20N2O5S/c1-5-12-11(16)13-10(15)8(3)19(17)7(2)6-9(14)18-4/h7-8H,5-6H2,1-4H3,(H2,12,13,15,16). The van der Waals surface area contributed by atoms with Crippen molar-refractivity contribution in [1.29, 1.82) is 0 Å². The number of hydrogen-bond donors (Lipinski definition) is 2. The summed E-state index contributed by atoms with van der Waals surface area (Å²) in [5, 5.41) is 3.07. The van der Waals surface area contributed by atoms with Crippen molar-refractivity contribution >= 4 is 28.7 Å². The van der Waals surface area contributed by atoms with Crippen molar-refractivity contribution < 1.29 is 23.3 Å². The first kappa shape index (κ1) is 17.6. The monoisotopic (exact) mass is 292 g/mol. The maximum Gasteiger partial charge on any atom is 0.321 e. The van der Waals surface area contributed by atoms with Crippen LogP contribution in [0.15, 0.2) is 0 Å². The topological polar surface area (TPSA) is 102 Å². The number of rotatable bonds is 6. The van der Waals surface area contributed by atoms with Gasteiger partial charge in [-0.15, -0.1) is 0 Å². The molecule has 110 valence electrons. The number of hydrogen-bond acceptors (Lipinski definition) is 5. The highest BCUT2D eigenvalue weighted by atomic mass is 32.2. The predicted molar refractivity (Wildman–Crippen MR) is 70.9 cm³/mol. The first-order chi connectivity index (χ1) is 8.83. The lowest BCUT2D eigenvalue weighted by Gasteiger charge is -2.16. The van der Waals surface area contributed by atoms with Gasteiger partial charge in [0.05, 0.1) is 13.5 Å². The summed E-state index contributed by atoms with van der Waals surface area (Å²) in [5.74, 6) is -1.13. The zero-order valence-electron chi connectivity index (χ0n) is 11.5. The van der Waals surface area contributed by atoms with E-state index in [4.69, 9.17) is 0 Å². The van der Waals surface area contributed by atoms with E-state index in [0.29, 0.717) is 6.54 Å². The third kappa shape index (κ3) is 6.32. The Bertz CT molecular complexity index is 372. The summed E-state index contributed by atoms with van der Waals surface area (Å²) in [6.45, 7) is 5.13. The molecule has 0 rings (SSSR count). The molecular weight excluding hydrogens is 272 g/mol. The smallest absolute Gasteiger partial charge is 0.321 e. The number of urea groups is 1. The molecule has 2 N–H and O–H groups in total. The van der Waals surface area contributed by atoms with Gasteiger partial charge in [-0.3, -0.25) is 19.1 Å². The molecule has 3 unspecified atom stereocenters. The molecule has 0 saturated heterocycles. The van der Waals surface area contributed by atoms with Crippen LogP contribution in [-0.2, 0) is 25.1 Å². The molecule has 0 fully saturated rings. The van der Waals surface area contributed by atoms with Crippen molar-refractivity contribution in [2.45, 2.75) is 37.7 Å². The summed E-state index contributed by atoms with van der Waals surface area (Å²) in [5.41, 5.74) is 0. The third-order valence-electron chi connectivity index (χ3n) is 2.37. The first-order valence-electron chi connectivity index (χ1n) is 5.88. The molecule has 0 saturated carbocycles. The van der Waals surface area contributed by atoms with Crippen molar-refractivity contribution in [2.75, 3.05) is 13.7 Å². The van der Waals surface area contributed by atoms with Gasteiger partial charge in [-0.25, -0.2) is 4.79 Å². The Hall–Kier alpha value is -1.44. The van der Waals surface area contributed by atoms with Crippen molar-refractivity contribution in [2.24, 2.45) is 0 Å². The Morgan fingerprint density at radius 3 is 2.32 bits per heavy atom. The van der Waals surface area contributed by atoms with Crippen molar-refractivity contribution in [3.63, 3.8) is 0 Å². The van der Waals surface area contributed by atoms with E-state index in [2.05, 4.69) is 15.4 Å². The van der Waals surface area contributed by atoms with E-state index in [1.165, 1.54) is 14.0 Å². The van der Waals surface area contributed by atoms with E-state index in [1.807, 2.05) is 0 Å². The maximum atomic E-state index is 12.0. The Kier molecular flexibility index (Phi) is 7.97. The van der Waals surface area contributed by atoms with Crippen LogP contribution in [0.4, 0.5) is 4.79 Å². The summed E-state index contributed by atoms with van der Waals surface area (Å²) in [6, 6.07) is -0.628. The molecule has 19 heavy (non-hydrogen) atoms. The van der Waals surface area contributed by atoms with Crippen LogP contribution < -0.4 is 10.6 Å². The minimum absolute atomic E-state index is 0.0398. The van der Waals surface area contributed by atoms with Gasteiger partial charge in [0.2, 0.25) is 5.91 Å². The highest BCUT2D eigenvalue weighted by Gasteiger charge is 2.27. The largest absolute Gasteiger partial charge is 0.469 e. The fourth-order valence-corrected chi connectivity index (χ4v) is 2.54. The van der Waals surface area contributed by atoms with E-state index < -0.39 is 39.2 Å². The molecular formula is C11H20N2O5S. The zero-order chi connectivity index (χ0) is 15.0. The molecule has 0 spiro atoms. The van der Waals surface area contributed by atoms with E-state index in [9.17, 15) is 18.6 Å². The van der Waals surface area contributed by atoms with Crippen LogP contribution in [0.5, 0.6) is 0 Å². The highest BCUT2D eigenvalue weighted by molar-refractivity contribution is 7.87. The van der Waals surface area contributed by atoms with Gasteiger partial charge in [-0.2, -0.15) is 0 Å². The van der Waals surface area contributed by atoms with Gasteiger partial charge in [0.15, 0.2) is 0 Å². The van der Waals surface area contributed by atoms with Gasteiger partial charge in [-0.1, -0.05) is 6.92 Å². The molecule has 0 aliphatic carbocycles. The van der Waals surface area contributed by atoms with Crippen LogP contribution in [-0.4, -0.2) is 46.3 Å². The SMILES string of the molecule is CCNC(=O)NC(=O)C(C)S(=O)C(C)CC(=O)OC. The fourth-order valence-electron chi connectivity index (χ4n) is 1.27. The third-order valence-corrected chi connectivity index (χ3v) is 4.24. The number of amides is 3. The minimum atomic E-state index is -1.58. The highest BCUT2D eigenvalue weighted by Crippen LogP contribution is 2.09. The summed E-state index contributed by atoms with van der Waals surface area (Å²) in [6.07, 6.45) is -0.0398. The van der Waals surface area contributed by atoms with Crippen molar-refractivity contribution in [1.82, 2.24) is 10.6 Å². The Morgan fingerprint density at radius 1 is 1.26 bits per heavy atom.